The number of halogens is 1. The second-order valence-electron chi connectivity index (χ2n) is 7.02. The van der Waals surface area contributed by atoms with Gasteiger partial charge in [-0.05, 0) is 30.7 Å². The molecule has 1 atom stereocenters. The number of hydrogen-bond donors (Lipinski definition) is 4. The van der Waals surface area contributed by atoms with Crippen LogP contribution in [0.1, 0.15) is 30.7 Å². The molecule has 3 heterocycles. The highest BCUT2D eigenvalue weighted by atomic mass is 127. The van der Waals surface area contributed by atoms with E-state index in [1.54, 1.807) is 12.3 Å². The first kappa shape index (κ1) is 22.8. The zero-order valence-corrected chi connectivity index (χ0v) is 19.6. The molecule has 1 unspecified atom stereocenters. The third-order valence-corrected chi connectivity index (χ3v) is 4.85. The summed E-state index contributed by atoms with van der Waals surface area (Å²) in [6.45, 7) is 3.94. The first-order chi connectivity index (χ1) is 14.7. The van der Waals surface area contributed by atoms with Crippen LogP contribution in [-0.4, -0.2) is 46.7 Å². The van der Waals surface area contributed by atoms with Crippen LogP contribution in [0.15, 0.2) is 52.1 Å². The normalized spacial score (nSPS) is 15.6. The summed E-state index contributed by atoms with van der Waals surface area (Å²) in [4.78, 5) is 21.2. The van der Waals surface area contributed by atoms with Gasteiger partial charge in [-0.25, -0.2) is 4.98 Å². The number of benzene rings is 1. The van der Waals surface area contributed by atoms with Crippen molar-refractivity contribution in [2.24, 2.45) is 4.99 Å². The predicted octanol–water partition coefficient (Wildman–Crippen LogP) is 2.91. The number of furan rings is 1. The number of carbonyl (C=O) groups is 1. The van der Waals surface area contributed by atoms with E-state index >= 15 is 0 Å². The van der Waals surface area contributed by atoms with Crippen molar-refractivity contribution in [3.05, 3.63) is 54.0 Å². The lowest BCUT2D eigenvalue weighted by atomic mass is 9.91. The van der Waals surface area contributed by atoms with E-state index in [0.717, 1.165) is 23.6 Å². The molecule has 0 fully saturated rings. The van der Waals surface area contributed by atoms with E-state index < -0.39 is 0 Å². The third-order valence-electron chi connectivity index (χ3n) is 4.85. The first-order valence-electron chi connectivity index (χ1n) is 10.1. The lowest BCUT2D eigenvalue weighted by Gasteiger charge is -2.24. The van der Waals surface area contributed by atoms with Crippen LogP contribution < -0.4 is 16.0 Å². The molecule has 164 valence electrons. The van der Waals surface area contributed by atoms with Gasteiger partial charge in [0, 0.05) is 37.5 Å². The van der Waals surface area contributed by atoms with Crippen molar-refractivity contribution in [2.45, 2.75) is 25.7 Å². The molecule has 4 rings (SSSR count). The van der Waals surface area contributed by atoms with E-state index in [0.29, 0.717) is 43.5 Å². The van der Waals surface area contributed by atoms with Crippen LogP contribution in [0.2, 0.25) is 0 Å². The number of rotatable bonds is 7. The molecule has 1 amide bonds. The molecule has 2 aromatic heterocycles. The highest BCUT2D eigenvalue weighted by Crippen LogP contribution is 2.31. The van der Waals surface area contributed by atoms with Crippen molar-refractivity contribution >= 4 is 41.5 Å². The fourth-order valence-electron chi connectivity index (χ4n) is 3.43. The molecule has 0 bridgehead atoms. The van der Waals surface area contributed by atoms with Crippen LogP contribution in [0.25, 0.3) is 11.6 Å². The van der Waals surface area contributed by atoms with Gasteiger partial charge in [-0.15, -0.1) is 24.0 Å². The van der Waals surface area contributed by atoms with Gasteiger partial charge >= 0.3 is 0 Å². The molecule has 4 N–H and O–H groups in total. The molecule has 0 spiro atoms. The monoisotopic (exact) mass is 535 g/mol. The maximum absolute atomic E-state index is 12.0. The summed E-state index contributed by atoms with van der Waals surface area (Å²) < 4.78 is 5.31. The molecule has 0 aliphatic carbocycles. The third kappa shape index (κ3) is 5.84. The van der Waals surface area contributed by atoms with E-state index in [4.69, 9.17) is 9.41 Å². The van der Waals surface area contributed by atoms with Crippen LogP contribution in [-0.2, 0) is 11.2 Å². The lowest BCUT2D eigenvalue weighted by Crippen LogP contribution is -2.39. The number of guanidine groups is 1. The van der Waals surface area contributed by atoms with E-state index in [2.05, 4.69) is 37.2 Å². The number of amides is 1. The van der Waals surface area contributed by atoms with E-state index in [9.17, 15) is 4.79 Å². The smallest absolute Gasteiger partial charge is 0.225 e. The quantitative estimate of drug-likeness (QED) is 0.210. The summed E-state index contributed by atoms with van der Waals surface area (Å²) in [6.07, 6.45) is 2.70. The second-order valence-corrected chi connectivity index (χ2v) is 7.02. The zero-order valence-electron chi connectivity index (χ0n) is 17.2. The fourth-order valence-corrected chi connectivity index (χ4v) is 3.43. The maximum atomic E-state index is 12.0. The number of carbonyl (C=O) groups excluding carboxylic acids is 1. The Morgan fingerprint density at radius 1 is 1.26 bits per heavy atom. The first-order valence-corrected chi connectivity index (χ1v) is 10.1. The van der Waals surface area contributed by atoms with E-state index in [-0.39, 0.29) is 35.8 Å². The molecule has 1 aliphatic rings. The van der Waals surface area contributed by atoms with Gasteiger partial charge in [-0.1, -0.05) is 18.2 Å². The van der Waals surface area contributed by atoms with Crippen LogP contribution in [0.3, 0.4) is 0 Å². The summed E-state index contributed by atoms with van der Waals surface area (Å²) in [5.41, 5.74) is 2.01. The lowest BCUT2D eigenvalue weighted by molar-refractivity contribution is -0.116. The Morgan fingerprint density at radius 2 is 2.13 bits per heavy atom. The molecule has 0 saturated heterocycles. The van der Waals surface area contributed by atoms with E-state index in [1.807, 2.05) is 31.2 Å². The number of nitrogens with one attached hydrogen (secondary N) is 4. The molecule has 3 aromatic rings. The molecule has 1 aromatic carbocycles. The second kappa shape index (κ2) is 10.9. The van der Waals surface area contributed by atoms with Gasteiger partial charge in [-0.3, -0.25) is 14.9 Å². The highest BCUT2D eigenvalue weighted by molar-refractivity contribution is 14.0. The van der Waals surface area contributed by atoms with Crippen molar-refractivity contribution in [3.8, 4) is 11.6 Å². The number of para-hydroxylation sites is 1. The standard InChI is InChI=1S/C21H25N7O2.HI/c1-2-22-21(23-10-9-18-26-20(28-27-18)17-8-5-11-30-17)24-13-14-12-19(29)25-16-7-4-3-6-15(14)16;/h3-8,11,14H,2,9-10,12-13H2,1H3,(H,25,29)(H2,22,23,24)(H,26,27,28);1H. The SMILES string of the molecule is CCNC(=NCC1CC(=O)Nc2ccccc21)NCCc1nc(-c2ccco2)n[nH]1.I. The fraction of sp³-hybridized carbons (Fsp3) is 0.333. The molecular weight excluding hydrogens is 509 g/mol. The predicted molar refractivity (Wildman–Crippen MR) is 130 cm³/mol. The van der Waals surface area contributed by atoms with Gasteiger partial charge in [0.15, 0.2) is 11.7 Å². The largest absolute Gasteiger partial charge is 0.461 e. The Labute approximate surface area is 197 Å². The Balaban J connectivity index is 0.00000272. The van der Waals surface area contributed by atoms with Crippen LogP contribution in [0.5, 0.6) is 0 Å². The molecule has 0 saturated carbocycles. The summed E-state index contributed by atoms with van der Waals surface area (Å²) >= 11 is 0. The number of aromatic nitrogens is 3. The zero-order chi connectivity index (χ0) is 20.8. The van der Waals surface area contributed by atoms with Gasteiger partial charge in [0.05, 0.1) is 12.8 Å². The van der Waals surface area contributed by atoms with Crippen LogP contribution in [0, 0.1) is 0 Å². The summed E-state index contributed by atoms with van der Waals surface area (Å²) in [5, 5.41) is 16.6. The number of fused-ring (bicyclic) bond motifs is 1. The summed E-state index contributed by atoms with van der Waals surface area (Å²) in [7, 11) is 0. The molecule has 0 radical (unpaired) electrons. The van der Waals surface area contributed by atoms with Crippen molar-refractivity contribution in [1.82, 2.24) is 25.8 Å². The minimum Gasteiger partial charge on any atom is -0.461 e. The number of H-pyrrole nitrogens is 1. The van der Waals surface area contributed by atoms with E-state index in [1.165, 1.54) is 0 Å². The minimum atomic E-state index is 0. The van der Waals surface area contributed by atoms with Crippen molar-refractivity contribution < 1.29 is 9.21 Å². The van der Waals surface area contributed by atoms with Gasteiger partial charge < -0.3 is 20.4 Å². The minimum absolute atomic E-state index is 0. The molecule has 1 aliphatic heterocycles. The van der Waals surface area contributed by atoms with Crippen molar-refractivity contribution in [1.29, 1.82) is 0 Å². The average Bonchev–Trinajstić information content (AvgIpc) is 3.43. The Hall–Kier alpha value is -2.89. The summed E-state index contributed by atoms with van der Waals surface area (Å²) in [6, 6.07) is 11.5. The average molecular weight is 535 g/mol. The Kier molecular flexibility index (Phi) is 8.04. The Bertz CT molecular complexity index is 1020. The molecule has 31 heavy (non-hydrogen) atoms. The maximum Gasteiger partial charge on any atom is 0.225 e. The van der Waals surface area contributed by atoms with Crippen LogP contribution >= 0.6 is 24.0 Å². The molecule has 9 nitrogen and oxygen atoms in total. The number of anilines is 1. The summed E-state index contributed by atoms with van der Waals surface area (Å²) in [5.74, 6) is 2.76. The van der Waals surface area contributed by atoms with Gasteiger partial charge in [0.2, 0.25) is 11.7 Å². The van der Waals surface area contributed by atoms with Gasteiger partial charge in [-0.2, -0.15) is 5.10 Å². The molecule has 10 heteroatoms. The van der Waals surface area contributed by atoms with Crippen molar-refractivity contribution in [2.75, 3.05) is 25.0 Å². The number of aliphatic imine (C=N–C) groups is 1. The van der Waals surface area contributed by atoms with Crippen LogP contribution in [0.4, 0.5) is 5.69 Å². The Morgan fingerprint density at radius 3 is 2.94 bits per heavy atom. The van der Waals surface area contributed by atoms with Gasteiger partial charge in [0.1, 0.15) is 5.82 Å². The number of aromatic amines is 1. The van der Waals surface area contributed by atoms with Gasteiger partial charge in [0.25, 0.3) is 0 Å². The number of hydrogen-bond acceptors (Lipinski definition) is 5. The topological polar surface area (TPSA) is 120 Å². The molecular formula is C21H26IN7O2. The number of nitrogens with zero attached hydrogens (tertiary/aromatic N) is 3. The highest BCUT2D eigenvalue weighted by Gasteiger charge is 2.24. The van der Waals surface area contributed by atoms with Crippen molar-refractivity contribution in [3.63, 3.8) is 0 Å².